The normalized spacial score (nSPS) is 24.0. The predicted octanol–water partition coefficient (Wildman–Crippen LogP) is 2.57. The monoisotopic (exact) mass is 507 g/mol. The Kier molecular flexibility index (Phi) is 7.02. The van der Waals surface area contributed by atoms with E-state index in [0.29, 0.717) is 17.5 Å². The van der Waals surface area contributed by atoms with Crippen LogP contribution < -0.4 is 4.72 Å². The number of nitrogens with zero attached hydrogens (tertiary/aromatic N) is 2. The highest BCUT2D eigenvalue weighted by atomic mass is 32.2. The van der Waals surface area contributed by atoms with Crippen LogP contribution >= 0.6 is 0 Å². The van der Waals surface area contributed by atoms with E-state index < -0.39 is 45.8 Å². The van der Waals surface area contributed by atoms with Crippen molar-refractivity contribution in [1.29, 1.82) is 0 Å². The quantitative estimate of drug-likeness (QED) is 0.603. The summed E-state index contributed by atoms with van der Waals surface area (Å²) in [5.41, 5.74) is 0.653. The number of halogens is 2. The van der Waals surface area contributed by atoms with Crippen LogP contribution in [-0.4, -0.2) is 73.1 Å². The molecule has 2 fully saturated rings. The van der Waals surface area contributed by atoms with Crippen molar-refractivity contribution in [3.05, 3.63) is 59.4 Å². The molecule has 10 heteroatoms. The predicted molar refractivity (Wildman–Crippen MR) is 129 cm³/mol. The number of benzene rings is 2. The Hall–Kier alpha value is -2.40. The van der Waals surface area contributed by atoms with Gasteiger partial charge in [-0.25, -0.2) is 8.78 Å². The van der Waals surface area contributed by atoms with Crippen LogP contribution in [0.3, 0.4) is 0 Å². The van der Waals surface area contributed by atoms with Gasteiger partial charge in [-0.1, -0.05) is 48.0 Å². The van der Waals surface area contributed by atoms with Gasteiger partial charge >= 0.3 is 0 Å². The van der Waals surface area contributed by atoms with Gasteiger partial charge < -0.3 is 10.0 Å². The van der Waals surface area contributed by atoms with E-state index in [-0.39, 0.29) is 31.4 Å². The van der Waals surface area contributed by atoms with Crippen LogP contribution in [-0.2, 0) is 21.4 Å². The van der Waals surface area contributed by atoms with Gasteiger partial charge in [-0.15, -0.1) is 0 Å². The molecule has 3 atom stereocenters. The van der Waals surface area contributed by atoms with Crippen LogP contribution in [0.25, 0.3) is 11.1 Å². The van der Waals surface area contributed by atoms with E-state index in [2.05, 4.69) is 4.72 Å². The summed E-state index contributed by atoms with van der Waals surface area (Å²) in [5, 5.41) is 10.7. The van der Waals surface area contributed by atoms with Crippen molar-refractivity contribution in [3.63, 3.8) is 0 Å². The van der Waals surface area contributed by atoms with Gasteiger partial charge in [0, 0.05) is 19.7 Å². The van der Waals surface area contributed by atoms with Crippen LogP contribution in [0.1, 0.15) is 30.4 Å². The average Bonchev–Trinajstić information content (AvgIpc) is 3.07. The molecule has 2 N–H and O–H groups in total. The second-order valence-corrected chi connectivity index (χ2v) is 11.6. The fourth-order valence-corrected chi connectivity index (χ4v) is 5.62. The molecule has 35 heavy (non-hydrogen) atoms. The Balaban J connectivity index is 1.71. The third-order valence-corrected chi connectivity index (χ3v) is 8.55. The van der Waals surface area contributed by atoms with Crippen molar-refractivity contribution in [3.8, 4) is 11.1 Å². The third kappa shape index (κ3) is 4.97. The summed E-state index contributed by atoms with van der Waals surface area (Å²) in [6, 6.07) is 9.95. The molecule has 1 aliphatic heterocycles. The maximum atomic E-state index is 15.7. The second-order valence-electron chi connectivity index (χ2n) is 9.71. The zero-order valence-electron chi connectivity index (χ0n) is 20.0. The van der Waals surface area contributed by atoms with Gasteiger partial charge in [0.15, 0.2) is 0 Å². The standard InChI is InChI=1S/C25H31F2N3O4S/c1-16-7-4-8-17(13-16)19-10-5-9-18(22(19)27)14-21-23(28-35(33,34)29(2)3)20(26)15-30(21)24(31)25(32)11-6-12-25/h4-5,7-10,13,20-21,23,28,32H,6,11-12,14-15H2,1-3H3/t20-,21-,23-/m0/s1. The van der Waals surface area contributed by atoms with Crippen LogP contribution in [0.2, 0.25) is 0 Å². The van der Waals surface area contributed by atoms with E-state index in [0.717, 1.165) is 9.87 Å². The van der Waals surface area contributed by atoms with Crippen molar-refractivity contribution in [2.75, 3.05) is 20.6 Å². The summed E-state index contributed by atoms with van der Waals surface area (Å²) >= 11 is 0. The molecular formula is C25H31F2N3O4S. The molecule has 0 aromatic heterocycles. The lowest BCUT2D eigenvalue weighted by atomic mass is 9.79. The minimum Gasteiger partial charge on any atom is -0.380 e. The van der Waals surface area contributed by atoms with Gasteiger partial charge in [-0.2, -0.15) is 17.4 Å². The maximum Gasteiger partial charge on any atom is 0.279 e. The molecule has 190 valence electrons. The van der Waals surface area contributed by atoms with Crippen LogP contribution in [0.15, 0.2) is 42.5 Å². The Morgan fingerprint density at radius 1 is 1.23 bits per heavy atom. The first-order valence-corrected chi connectivity index (χ1v) is 13.1. The highest BCUT2D eigenvalue weighted by molar-refractivity contribution is 7.87. The molecule has 1 saturated heterocycles. The molecule has 4 rings (SSSR count). The number of aryl methyl sites for hydroxylation is 1. The Labute approximate surface area is 204 Å². The summed E-state index contributed by atoms with van der Waals surface area (Å²) in [5.74, 6) is -1.15. The van der Waals surface area contributed by atoms with Gasteiger partial charge in [0.25, 0.3) is 16.1 Å². The van der Waals surface area contributed by atoms with Crippen molar-refractivity contribution in [2.45, 2.75) is 56.5 Å². The van der Waals surface area contributed by atoms with Crippen LogP contribution in [0, 0.1) is 12.7 Å². The Morgan fingerprint density at radius 3 is 2.51 bits per heavy atom. The number of alkyl halides is 1. The molecule has 7 nitrogen and oxygen atoms in total. The number of rotatable bonds is 7. The molecule has 0 unspecified atom stereocenters. The number of hydrogen-bond acceptors (Lipinski definition) is 4. The largest absolute Gasteiger partial charge is 0.380 e. The first-order chi connectivity index (χ1) is 16.4. The molecule has 2 aromatic rings. The van der Waals surface area contributed by atoms with Crippen LogP contribution in [0.5, 0.6) is 0 Å². The summed E-state index contributed by atoms with van der Waals surface area (Å²) in [6.45, 7) is 1.52. The minimum absolute atomic E-state index is 0.117. The molecular weight excluding hydrogens is 476 g/mol. The third-order valence-electron chi connectivity index (χ3n) is 7.02. The van der Waals surface area contributed by atoms with Gasteiger partial charge in [-0.05, 0) is 43.7 Å². The lowest BCUT2D eigenvalue weighted by Gasteiger charge is -2.40. The van der Waals surface area contributed by atoms with E-state index in [4.69, 9.17) is 0 Å². The van der Waals surface area contributed by atoms with E-state index in [1.54, 1.807) is 24.3 Å². The van der Waals surface area contributed by atoms with Crippen LogP contribution in [0.4, 0.5) is 8.78 Å². The van der Waals surface area contributed by atoms with E-state index >= 15 is 8.78 Å². The Morgan fingerprint density at radius 2 is 1.91 bits per heavy atom. The lowest BCUT2D eigenvalue weighted by Crippen LogP contribution is -2.57. The first-order valence-electron chi connectivity index (χ1n) is 11.6. The van der Waals surface area contributed by atoms with Gasteiger partial charge in [0.05, 0.1) is 18.6 Å². The zero-order valence-corrected chi connectivity index (χ0v) is 20.9. The molecule has 1 amide bonds. The average molecular weight is 508 g/mol. The smallest absolute Gasteiger partial charge is 0.279 e. The number of likely N-dealkylation sites (tertiary alicyclic amines) is 1. The van der Waals surface area contributed by atoms with Crippen molar-refractivity contribution >= 4 is 16.1 Å². The first kappa shape index (κ1) is 25.7. The summed E-state index contributed by atoms with van der Waals surface area (Å²) in [6.07, 6.45) is -0.641. The number of carbonyl (C=O) groups is 1. The number of aliphatic hydroxyl groups is 1. The molecule has 1 saturated carbocycles. The fraction of sp³-hybridized carbons (Fsp3) is 0.480. The fourth-order valence-electron chi connectivity index (χ4n) is 4.76. The summed E-state index contributed by atoms with van der Waals surface area (Å²) in [4.78, 5) is 14.4. The van der Waals surface area contributed by atoms with E-state index in [1.165, 1.54) is 19.0 Å². The molecule has 2 aliphatic rings. The number of nitrogens with one attached hydrogen (secondary N) is 1. The van der Waals surface area contributed by atoms with Crippen molar-refractivity contribution < 1.29 is 27.1 Å². The van der Waals surface area contributed by atoms with Crippen molar-refractivity contribution in [1.82, 2.24) is 13.9 Å². The van der Waals surface area contributed by atoms with Gasteiger partial charge in [0.2, 0.25) is 0 Å². The molecule has 1 aliphatic carbocycles. The highest BCUT2D eigenvalue weighted by Gasteiger charge is 2.53. The number of amides is 1. The summed E-state index contributed by atoms with van der Waals surface area (Å²) in [7, 11) is -1.41. The van der Waals surface area contributed by atoms with Gasteiger partial charge in [-0.3, -0.25) is 4.79 Å². The maximum absolute atomic E-state index is 15.7. The summed E-state index contributed by atoms with van der Waals surface area (Å²) < 4.78 is 59.2. The topological polar surface area (TPSA) is 90.0 Å². The Bertz CT molecular complexity index is 1220. The van der Waals surface area contributed by atoms with Gasteiger partial charge in [0.1, 0.15) is 17.6 Å². The number of hydrogen-bond donors (Lipinski definition) is 2. The number of carbonyl (C=O) groups excluding carboxylic acids is 1. The molecule has 1 heterocycles. The second kappa shape index (κ2) is 9.57. The van der Waals surface area contributed by atoms with E-state index in [9.17, 15) is 18.3 Å². The lowest BCUT2D eigenvalue weighted by molar-refractivity contribution is -0.161. The molecule has 0 bridgehead atoms. The molecule has 2 aromatic carbocycles. The van der Waals surface area contributed by atoms with Crippen molar-refractivity contribution in [2.24, 2.45) is 0 Å². The minimum atomic E-state index is -4.03. The zero-order chi connectivity index (χ0) is 25.5. The van der Waals surface area contributed by atoms with E-state index in [1.807, 2.05) is 25.1 Å². The molecule has 0 spiro atoms. The highest BCUT2D eigenvalue weighted by Crippen LogP contribution is 2.37. The molecule has 0 radical (unpaired) electrons. The SMILES string of the molecule is Cc1cccc(-c2cccc(C[C@H]3[C@@H](NS(=O)(=O)N(C)C)[C@@H](F)CN3C(=O)C3(O)CCC3)c2F)c1.